The van der Waals surface area contributed by atoms with E-state index in [0.29, 0.717) is 6.42 Å². The molecule has 0 aromatic rings. The van der Waals surface area contributed by atoms with E-state index in [1.54, 1.807) is 0 Å². The fourth-order valence-corrected chi connectivity index (χ4v) is 1.11. The summed E-state index contributed by atoms with van der Waals surface area (Å²) in [6, 6.07) is 0. The van der Waals surface area contributed by atoms with Gasteiger partial charge < -0.3 is 22.9 Å². The molecule has 0 atom stereocenters. The summed E-state index contributed by atoms with van der Waals surface area (Å²) in [6.45, 7) is 0.786. The Bertz CT molecular complexity index is 97.7. The average molecular weight is 174 g/mol. The molecule has 0 fully saturated rings. The van der Waals surface area contributed by atoms with E-state index in [1.807, 2.05) is 0 Å². The third-order valence-electron chi connectivity index (χ3n) is 1.81. The second kappa shape index (κ2) is 6.37. The van der Waals surface area contributed by atoms with Crippen LogP contribution in [0.4, 0.5) is 0 Å². The largest absolute Gasteiger partial charge is 0.330 e. The smallest absolute Gasteiger partial charge is 0.115 e. The predicted molar refractivity (Wildman–Crippen MR) is 52.0 cm³/mol. The second-order valence-corrected chi connectivity index (χ2v) is 3.42. The summed E-state index contributed by atoms with van der Waals surface area (Å²) in [5, 5.41) is 0. The average Bonchev–Trinajstić information content (AvgIpc) is 1.94. The fourth-order valence-electron chi connectivity index (χ4n) is 1.11. The van der Waals surface area contributed by atoms with Gasteiger partial charge >= 0.3 is 0 Å². The zero-order valence-corrected chi connectivity index (χ0v) is 7.76. The van der Waals surface area contributed by atoms with Gasteiger partial charge in [-0.2, -0.15) is 0 Å². The van der Waals surface area contributed by atoms with Gasteiger partial charge in [-0.15, -0.1) is 0 Å². The first kappa shape index (κ1) is 11.8. The third kappa shape index (κ3) is 9.84. The molecule has 4 heteroatoms. The lowest BCUT2D eigenvalue weighted by atomic mass is 10.1. The summed E-state index contributed by atoms with van der Waals surface area (Å²) in [5.74, 6) is -0.978. The molecule has 0 unspecified atom stereocenters. The number of hydrogen-bond acceptors (Lipinski definition) is 4. The van der Waals surface area contributed by atoms with Gasteiger partial charge in [-0.25, -0.2) is 0 Å². The van der Waals surface area contributed by atoms with E-state index < -0.39 is 5.79 Å². The van der Waals surface area contributed by atoms with Crippen LogP contribution in [-0.4, -0.2) is 12.3 Å². The zero-order valence-electron chi connectivity index (χ0n) is 7.76. The van der Waals surface area contributed by atoms with Crippen LogP contribution >= 0.6 is 0 Å². The van der Waals surface area contributed by atoms with E-state index in [2.05, 4.69) is 0 Å². The van der Waals surface area contributed by atoms with E-state index in [1.165, 1.54) is 12.8 Å². The molecule has 0 spiro atoms. The maximum Gasteiger partial charge on any atom is 0.115 e. The van der Waals surface area contributed by atoms with Crippen molar-refractivity contribution in [2.75, 3.05) is 6.54 Å². The normalized spacial score (nSPS) is 12.0. The van der Waals surface area contributed by atoms with Gasteiger partial charge in [0.1, 0.15) is 5.79 Å². The predicted octanol–water partition coefficient (Wildman–Crippen LogP) is -0.184. The second-order valence-electron chi connectivity index (χ2n) is 3.42. The molecule has 0 aromatic heterocycles. The van der Waals surface area contributed by atoms with Crippen LogP contribution in [0.1, 0.15) is 38.5 Å². The SMILES string of the molecule is NCCCCCCCC(N)(N)N. The van der Waals surface area contributed by atoms with Crippen LogP contribution in [0.25, 0.3) is 0 Å². The van der Waals surface area contributed by atoms with E-state index in [0.717, 1.165) is 25.8 Å². The van der Waals surface area contributed by atoms with Gasteiger partial charge in [-0.3, -0.25) is 0 Å². The Morgan fingerprint density at radius 2 is 1.25 bits per heavy atom. The first-order valence-electron chi connectivity index (χ1n) is 4.63. The van der Waals surface area contributed by atoms with Crippen LogP contribution in [0, 0.1) is 0 Å². The van der Waals surface area contributed by atoms with Crippen LogP contribution in [0.5, 0.6) is 0 Å². The molecular formula is C8H22N4. The van der Waals surface area contributed by atoms with Crippen molar-refractivity contribution in [3.05, 3.63) is 0 Å². The summed E-state index contributed by atoms with van der Waals surface area (Å²) in [7, 11) is 0. The van der Waals surface area contributed by atoms with Crippen molar-refractivity contribution >= 4 is 0 Å². The molecule has 0 aromatic carbocycles. The molecule has 0 radical (unpaired) electrons. The topological polar surface area (TPSA) is 104 Å². The van der Waals surface area contributed by atoms with Crippen molar-refractivity contribution in [2.24, 2.45) is 22.9 Å². The molecule has 0 aliphatic rings. The van der Waals surface area contributed by atoms with Crippen LogP contribution in [-0.2, 0) is 0 Å². The van der Waals surface area contributed by atoms with Gasteiger partial charge in [0.25, 0.3) is 0 Å². The molecule has 0 aliphatic heterocycles. The van der Waals surface area contributed by atoms with Crippen molar-refractivity contribution in [3.8, 4) is 0 Å². The number of nitrogens with two attached hydrogens (primary N) is 4. The maximum atomic E-state index is 5.41. The third-order valence-corrected chi connectivity index (χ3v) is 1.81. The molecule has 12 heavy (non-hydrogen) atoms. The number of unbranched alkanes of at least 4 members (excludes halogenated alkanes) is 4. The minimum atomic E-state index is -0.978. The lowest BCUT2D eigenvalue weighted by molar-refractivity contribution is 0.400. The molecule has 0 aliphatic carbocycles. The van der Waals surface area contributed by atoms with Crippen LogP contribution in [0.2, 0.25) is 0 Å². The molecule has 0 saturated carbocycles. The fraction of sp³-hybridized carbons (Fsp3) is 1.00. The molecule has 74 valence electrons. The first-order valence-corrected chi connectivity index (χ1v) is 4.63. The Morgan fingerprint density at radius 3 is 1.75 bits per heavy atom. The van der Waals surface area contributed by atoms with Crippen molar-refractivity contribution in [2.45, 2.75) is 44.3 Å². The highest BCUT2D eigenvalue weighted by atomic mass is 15.1. The summed E-state index contributed by atoms with van der Waals surface area (Å²) in [4.78, 5) is 0. The first-order chi connectivity index (χ1) is 5.56. The highest BCUT2D eigenvalue weighted by Gasteiger charge is 2.09. The molecule has 4 nitrogen and oxygen atoms in total. The van der Waals surface area contributed by atoms with Gasteiger partial charge in [0.15, 0.2) is 0 Å². The Kier molecular flexibility index (Phi) is 6.28. The Hall–Kier alpha value is -0.160. The Labute approximate surface area is 74.7 Å². The quantitative estimate of drug-likeness (QED) is 0.317. The van der Waals surface area contributed by atoms with E-state index in [4.69, 9.17) is 22.9 Å². The summed E-state index contributed by atoms with van der Waals surface area (Å²) < 4.78 is 0. The van der Waals surface area contributed by atoms with Crippen molar-refractivity contribution in [1.29, 1.82) is 0 Å². The highest BCUT2D eigenvalue weighted by Crippen LogP contribution is 2.06. The lowest BCUT2D eigenvalue weighted by Gasteiger charge is -2.17. The zero-order chi connectivity index (χ0) is 9.45. The van der Waals surface area contributed by atoms with Gasteiger partial charge in [-0.1, -0.05) is 19.3 Å². The summed E-state index contributed by atoms with van der Waals surface area (Å²) in [6.07, 6.45) is 6.35. The van der Waals surface area contributed by atoms with E-state index in [-0.39, 0.29) is 0 Å². The van der Waals surface area contributed by atoms with Gasteiger partial charge in [0.2, 0.25) is 0 Å². The molecule has 0 rings (SSSR count). The Balaban J connectivity index is 3.01. The van der Waals surface area contributed by atoms with Crippen LogP contribution in [0.15, 0.2) is 0 Å². The molecular weight excluding hydrogens is 152 g/mol. The van der Waals surface area contributed by atoms with Gasteiger partial charge in [0, 0.05) is 0 Å². The summed E-state index contributed by atoms with van der Waals surface area (Å²) >= 11 is 0. The molecule has 8 N–H and O–H groups in total. The van der Waals surface area contributed by atoms with Gasteiger partial charge in [0.05, 0.1) is 0 Å². The van der Waals surface area contributed by atoms with Crippen molar-refractivity contribution < 1.29 is 0 Å². The summed E-state index contributed by atoms with van der Waals surface area (Å²) in [5.41, 5.74) is 21.6. The van der Waals surface area contributed by atoms with Crippen molar-refractivity contribution in [1.82, 2.24) is 0 Å². The highest BCUT2D eigenvalue weighted by molar-refractivity contribution is 4.66. The molecule has 0 heterocycles. The minimum absolute atomic E-state index is 0.690. The molecule has 0 amide bonds. The maximum absolute atomic E-state index is 5.41. The van der Waals surface area contributed by atoms with Crippen LogP contribution in [0.3, 0.4) is 0 Å². The lowest BCUT2D eigenvalue weighted by Crippen LogP contribution is -2.57. The molecule has 0 bridgehead atoms. The van der Waals surface area contributed by atoms with E-state index in [9.17, 15) is 0 Å². The van der Waals surface area contributed by atoms with Crippen LogP contribution < -0.4 is 22.9 Å². The number of rotatable bonds is 7. The standard InChI is InChI=1S/C8H22N4/c9-7-5-3-1-2-4-6-8(10,11)12/h1-7,9-12H2. The monoisotopic (exact) mass is 174 g/mol. The minimum Gasteiger partial charge on any atom is -0.330 e. The number of hydrogen-bond donors (Lipinski definition) is 4. The Morgan fingerprint density at radius 1 is 0.750 bits per heavy atom. The van der Waals surface area contributed by atoms with Gasteiger partial charge in [-0.05, 0) is 25.8 Å². The van der Waals surface area contributed by atoms with E-state index >= 15 is 0 Å². The molecule has 0 saturated heterocycles. The van der Waals surface area contributed by atoms with Crippen molar-refractivity contribution in [3.63, 3.8) is 0 Å².